The van der Waals surface area contributed by atoms with Crippen molar-refractivity contribution in [3.8, 4) is 23.1 Å². The minimum Gasteiger partial charge on any atom is -0.454 e. The number of hydrogen-bond acceptors (Lipinski definition) is 7. The van der Waals surface area contributed by atoms with Gasteiger partial charge in [-0.1, -0.05) is 18.2 Å². The molecule has 6 rings (SSSR count). The third-order valence-electron chi connectivity index (χ3n) is 5.78. The average molecular weight is 495 g/mol. The Morgan fingerprint density at radius 1 is 1.08 bits per heavy atom. The number of fused-ring (bicyclic) bond motifs is 2. The van der Waals surface area contributed by atoms with E-state index in [1.165, 1.54) is 17.0 Å². The second-order valence-corrected chi connectivity index (χ2v) is 8.54. The van der Waals surface area contributed by atoms with E-state index < -0.39 is 0 Å². The van der Waals surface area contributed by atoms with Crippen molar-refractivity contribution in [2.75, 3.05) is 12.1 Å². The highest BCUT2D eigenvalue weighted by atomic mass is 16.7. The van der Waals surface area contributed by atoms with Gasteiger partial charge < -0.3 is 14.8 Å². The molecule has 0 fully saturated rings. The van der Waals surface area contributed by atoms with Crippen molar-refractivity contribution in [2.45, 2.75) is 13.8 Å². The molecule has 0 aliphatic carbocycles. The van der Waals surface area contributed by atoms with E-state index in [9.17, 15) is 9.59 Å². The van der Waals surface area contributed by atoms with Crippen molar-refractivity contribution in [3.63, 3.8) is 0 Å². The minimum atomic E-state index is -0.382. The molecule has 4 heterocycles. The van der Waals surface area contributed by atoms with E-state index in [-0.39, 0.29) is 24.2 Å². The predicted molar refractivity (Wildman–Crippen MR) is 136 cm³/mol. The summed E-state index contributed by atoms with van der Waals surface area (Å²) in [5, 5.41) is 11.9. The second kappa shape index (κ2) is 8.79. The average Bonchev–Trinajstić information content (AvgIpc) is 3.60. The number of carbonyl (C=O) groups is 1. The number of amides is 1. The van der Waals surface area contributed by atoms with Gasteiger partial charge in [0, 0.05) is 12.1 Å². The highest BCUT2D eigenvalue weighted by Gasteiger charge is 2.17. The lowest BCUT2D eigenvalue weighted by atomic mass is 10.2. The van der Waals surface area contributed by atoms with Crippen LogP contribution in [0.25, 0.3) is 28.7 Å². The van der Waals surface area contributed by atoms with Gasteiger partial charge in [-0.25, -0.2) is 4.68 Å². The molecule has 0 saturated heterocycles. The maximum absolute atomic E-state index is 12.9. The third-order valence-corrected chi connectivity index (χ3v) is 5.78. The Hall–Kier alpha value is -5.19. The zero-order valence-corrected chi connectivity index (χ0v) is 19.9. The molecule has 0 atom stereocenters. The molecular formula is C26H21N7O4. The molecule has 5 aromatic rings. The Morgan fingerprint density at radius 2 is 1.95 bits per heavy atom. The van der Waals surface area contributed by atoms with E-state index in [0.29, 0.717) is 34.0 Å². The molecule has 0 bridgehead atoms. The summed E-state index contributed by atoms with van der Waals surface area (Å²) >= 11 is 0. The number of nitrogens with one attached hydrogen (secondary N) is 2. The molecule has 1 amide bonds. The zero-order chi connectivity index (χ0) is 25.5. The molecule has 0 radical (unpaired) electrons. The van der Waals surface area contributed by atoms with Gasteiger partial charge in [-0.05, 0) is 55.3 Å². The summed E-state index contributed by atoms with van der Waals surface area (Å²) in [6.07, 6.45) is 4.54. The molecule has 3 aromatic heterocycles. The zero-order valence-electron chi connectivity index (χ0n) is 19.9. The summed E-state index contributed by atoms with van der Waals surface area (Å²) in [4.78, 5) is 32.9. The van der Waals surface area contributed by atoms with E-state index in [1.54, 1.807) is 35.9 Å². The van der Waals surface area contributed by atoms with Gasteiger partial charge in [0.15, 0.2) is 17.1 Å². The van der Waals surface area contributed by atoms with Crippen LogP contribution in [0.1, 0.15) is 16.8 Å². The lowest BCUT2D eigenvalue weighted by Crippen LogP contribution is -2.18. The van der Waals surface area contributed by atoms with Crippen LogP contribution < -0.4 is 20.3 Å². The van der Waals surface area contributed by atoms with Crippen LogP contribution in [0.5, 0.6) is 11.5 Å². The Bertz CT molecular complexity index is 1760. The molecule has 0 unspecified atom stereocenters. The van der Waals surface area contributed by atoms with Crippen molar-refractivity contribution in [3.05, 3.63) is 88.0 Å². The number of rotatable bonds is 5. The van der Waals surface area contributed by atoms with Crippen LogP contribution in [0.4, 0.5) is 5.82 Å². The fourth-order valence-electron chi connectivity index (χ4n) is 4.06. The Morgan fingerprint density at radius 3 is 2.81 bits per heavy atom. The molecule has 0 saturated carbocycles. The molecule has 37 heavy (non-hydrogen) atoms. The number of aromatic amines is 1. The molecule has 1 aliphatic heterocycles. The molecule has 2 N–H and O–H groups in total. The van der Waals surface area contributed by atoms with Gasteiger partial charge in [-0.2, -0.15) is 19.9 Å². The number of H-pyrrole nitrogens is 1. The van der Waals surface area contributed by atoms with Gasteiger partial charge in [0.25, 0.3) is 5.56 Å². The van der Waals surface area contributed by atoms with Crippen LogP contribution in [0.2, 0.25) is 0 Å². The van der Waals surface area contributed by atoms with E-state index in [2.05, 4.69) is 25.5 Å². The first-order valence-corrected chi connectivity index (χ1v) is 11.5. The summed E-state index contributed by atoms with van der Waals surface area (Å²) < 4.78 is 13.7. The highest BCUT2D eigenvalue weighted by Crippen LogP contribution is 2.32. The maximum Gasteiger partial charge on any atom is 0.263 e. The minimum absolute atomic E-state index is 0.148. The van der Waals surface area contributed by atoms with E-state index in [1.807, 2.05) is 37.3 Å². The second-order valence-electron chi connectivity index (χ2n) is 8.54. The van der Waals surface area contributed by atoms with E-state index >= 15 is 0 Å². The molecule has 11 heteroatoms. The van der Waals surface area contributed by atoms with Gasteiger partial charge in [-0.3, -0.25) is 14.6 Å². The number of ether oxygens (including phenoxy) is 2. The maximum atomic E-state index is 12.9. The number of nitrogens with zero attached hydrogens (tertiary/aromatic N) is 5. The van der Waals surface area contributed by atoms with Gasteiger partial charge in [0.05, 0.1) is 17.6 Å². The fourth-order valence-corrected chi connectivity index (χ4v) is 4.06. The van der Waals surface area contributed by atoms with Gasteiger partial charge in [0.1, 0.15) is 11.2 Å². The van der Waals surface area contributed by atoms with Crippen LogP contribution in [0, 0.1) is 13.8 Å². The molecule has 0 spiro atoms. The number of anilines is 1. The van der Waals surface area contributed by atoms with Crippen LogP contribution in [-0.2, 0) is 4.79 Å². The summed E-state index contributed by atoms with van der Waals surface area (Å²) in [5.41, 5.74) is 3.24. The number of benzene rings is 2. The van der Waals surface area contributed by atoms with Crippen LogP contribution in [0.3, 0.4) is 0 Å². The molecular weight excluding hydrogens is 474 g/mol. The topological polar surface area (TPSA) is 129 Å². The number of aromatic nitrogens is 6. The first-order chi connectivity index (χ1) is 17.9. The van der Waals surface area contributed by atoms with Crippen molar-refractivity contribution in [1.29, 1.82) is 0 Å². The number of aryl methyl sites for hydroxylation is 2. The summed E-state index contributed by atoms with van der Waals surface area (Å²) in [5.74, 6) is 1.42. The van der Waals surface area contributed by atoms with Gasteiger partial charge in [-0.15, -0.1) is 0 Å². The number of hydrogen-bond donors (Lipinski definition) is 2. The summed E-state index contributed by atoms with van der Waals surface area (Å²) in [6, 6.07) is 14.8. The summed E-state index contributed by atoms with van der Waals surface area (Å²) in [7, 11) is 0. The Kier molecular flexibility index (Phi) is 5.29. The van der Waals surface area contributed by atoms with Crippen LogP contribution in [-0.4, -0.2) is 42.2 Å². The van der Waals surface area contributed by atoms with E-state index in [4.69, 9.17) is 9.47 Å². The van der Waals surface area contributed by atoms with Crippen molar-refractivity contribution in [2.24, 2.45) is 0 Å². The van der Waals surface area contributed by atoms with E-state index in [0.717, 1.165) is 16.8 Å². The fraction of sp³-hybridized carbons (Fsp3) is 0.115. The quantitative estimate of drug-likeness (QED) is 0.358. The Balaban J connectivity index is 1.31. The lowest BCUT2D eigenvalue weighted by Gasteiger charge is -2.08. The lowest BCUT2D eigenvalue weighted by molar-refractivity contribution is -0.111. The van der Waals surface area contributed by atoms with Crippen molar-refractivity contribution >= 4 is 28.8 Å². The van der Waals surface area contributed by atoms with Crippen LogP contribution >= 0.6 is 0 Å². The van der Waals surface area contributed by atoms with Crippen LogP contribution in [0.15, 0.2) is 65.6 Å². The molecule has 1 aliphatic rings. The molecule has 11 nitrogen and oxygen atoms in total. The monoisotopic (exact) mass is 495 g/mol. The summed E-state index contributed by atoms with van der Waals surface area (Å²) in [6.45, 7) is 3.94. The third kappa shape index (κ3) is 4.22. The molecule has 2 aromatic carbocycles. The standard InChI is InChI=1S/C26H21N7O4/c1-15-4-3-5-18(10-15)32-24-19(13-27-32)25(35)30-26(29-24)33-22(11-16(2)31-33)28-23(34)9-7-17-6-8-20-21(12-17)37-14-36-20/h3-13H,14H2,1-2H3,(H,28,34)(H,29,30,35)/b9-7-. The Labute approximate surface area is 210 Å². The highest BCUT2D eigenvalue weighted by molar-refractivity contribution is 6.01. The number of carbonyl (C=O) groups excluding carboxylic acids is 1. The largest absolute Gasteiger partial charge is 0.454 e. The predicted octanol–water partition coefficient (Wildman–Crippen LogP) is 3.29. The van der Waals surface area contributed by atoms with Gasteiger partial charge >= 0.3 is 0 Å². The first-order valence-electron chi connectivity index (χ1n) is 11.5. The first kappa shape index (κ1) is 22.3. The normalized spacial score (nSPS) is 12.5. The molecule has 184 valence electrons. The van der Waals surface area contributed by atoms with Gasteiger partial charge in [0.2, 0.25) is 18.6 Å². The SMILES string of the molecule is Cc1cccc(-n2ncc3c(=O)[nH]c(-n4nc(C)cc4NC(=O)/C=C\c4ccc5c(c4)OCO5)nc32)c1. The van der Waals surface area contributed by atoms with Crippen molar-refractivity contribution in [1.82, 2.24) is 29.5 Å². The smallest absolute Gasteiger partial charge is 0.263 e. The van der Waals surface area contributed by atoms with Crippen molar-refractivity contribution < 1.29 is 14.3 Å².